The van der Waals surface area contributed by atoms with E-state index in [0.717, 1.165) is 5.62 Å². The average Bonchev–Trinajstić information content (AvgIpc) is 3.36. The van der Waals surface area contributed by atoms with Gasteiger partial charge in [-0.3, -0.25) is 0 Å². The number of hydrogen-bond donors (Lipinski definition) is 1. The SMILES string of the molecule is CC(C[PH+](c1ccccc1)c1ccccc1)(C[PH+](c1ccccc1)c1ccccc1)C[PH+](c1ccccc1)c1ccccc1.CCO.ClC[PH+](c1ccccc1)c1ccccc1.F[P-](F)(F)(F)(F)F.[Cu+]. The molecule has 14 heteroatoms. The second-order valence-electron chi connectivity index (χ2n) is 16.6. The molecule has 0 atom stereocenters. The van der Waals surface area contributed by atoms with E-state index in [9.17, 15) is 25.2 Å². The first-order chi connectivity index (χ1) is 33.0. The van der Waals surface area contributed by atoms with E-state index in [4.69, 9.17) is 16.7 Å². The molecular formula is C56H61ClCuF6OP5+4. The Morgan fingerprint density at radius 1 is 0.357 bits per heavy atom. The van der Waals surface area contributed by atoms with Crippen LogP contribution in [0, 0.1) is 5.41 Å². The van der Waals surface area contributed by atoms with Crippen LogP contribution < -0.4 is 42.4 Å². The number of aliphatic hydroxyl groups is 1. The number of benzene rings is 8. The van der Waals surface area contributed by atoms with E-state index in [0.29, 0.717) is 0 Å². The molecule has 8 aromatic rings. The molecule has 0 bridgehead atoms. The monoisotopic (exact) mass is 1120 g/mol. The molecule has 0 aromatic heterocycles. The van der Waals surface area contributed by atoms with Crippen LogP contribution in [0.4, 0.5) is 25.2 Å². The third-order valence-corrected chi connectivity index (χ3v) is 23.9. The van der Waals surface area contributed by atoms with Gasteiger partial charge in [-0.1, -0.05) is 157 Å². The fourth-order valence-corrected chi connectivity index (χ4v) is 20.6. The van der Waals surface area contributed by atoms with Gasteiger partial charge in [0.25, 0.3) is 0 Å². The van der Waals surface area contributed by atoms with Crippen LogP contribution in [0.2, 0.25) is 0 Å². The summed E-state index contributed by atoms with van der Waals surface area (Å²) in [4.78, 5) is 0. The molecule has 1 N–H and O–H groups in total. The minimum absolute atomic E-state index is 0. The predicted octanol–water partition coefficient (Wildman–Crippen LogP) is 14.0. The van der Waals surface area contributed by atoms with Crippen molar-refractivity contribution in [2.24, 2.45) is 5.41 Å². The quantitative estimate of drug-likeness (QED) is 0.0469. The number of rotatable bonds is 15. The van der Waals surface area contributed by atoms with Crippen molar-refractivity contribution in [3.05, 3.63) is 243 Å². The van der Waals surface area contributed by atoms with Gasteiger partial charge in [0.15, 0.2) is 0 Å². The van der Waals surface area contributed by atoms with E-state index in [1.807, 2.05) is 12.1 Å². The second-order valence-corrected chi connectivity index (χ2v) is 29.1. The molecule has 1 nitrogen and oxygen atoms in total. The third kappa shape index (κ3) is 21.5. The summed E-state index contributed by atoms with van der Waals surface area (Å²) in [7, 11) is -14.5. The number of halogens is 7. The third-order valence-electron chi connectivity index (χ3n) is 10.9. The van der Waals surface area contributed by atoms with Crippen molar-refractivity contribution in [3.63, 3.8) is 0 Å². The van der Waals surface area contributed by atoms with Gasteiger partial charge in [-0.2, -0.15) is 0 Å². The molecule has 0 saturated carbocycles. The van der Waals surface area contributed by atoms with E-state index >= 15 is 0 Å². The van der Waals surface area contributed by atoms with Crippen LogP contribution in [-0.4, -0.2) is 35.8 Å². The van der Waals surface area contributed by atoms with E-state index < -0.39 is 39.5 Å². The molecule has 0 radical (unpaired) electrons. The summed E-state index contributed by atoms with van der Waals surface area (Å²) in [5.74, 6) is 0. The summed E-state index contributed by atoms with van der Waals surface area (Å²) < 4.78 is 59.2. The van der Waals surface area contributed by atoms with E-state index in [2.05, 4.69) is 237 Å². The molecule has 8 aromatic carbocycles. The van der Waals surface area contributed by atoms with Crippen molar-refractivity contribution in [1.29, 1.82) is 0 Å². The van der Waals surface area contributed by atoms with E-state index in [1.165, 1.54) is 60.9 Å². The number of aliphatic hydroxyl groups excluding tert-OH is 1. The van der Waals surface area contributed by atoms with Crippen molar-refractivity contribution in [1.82, 2.24) is 0 Å². The van der Waals surface area contributed by atoms with Crippen LogP contribution in [-0.2, 0) is 17.1 Å². The topological polar surface area (TPSA) is 20.2 Å². The minimum atomic E-state index is -10.7. The van der Waals surface area contributed by atoms with Gasteiger partial charge in [0.1, 0.15) is 5.62 Å². The summed E-state index contributed by atoms with van der Waals surface area (Å²) in [6.07, 6.45) is 3.61. The van der Waals surface area contributed by atoms with Gasteiger partial charge in [0, 0.05) is 6.61 Å². The van der Waals surface area contributed by atoms with Crippen LogP contribution in [0.3, 0.4) is 0 Å². The molecule has 0 unspecified atom stereocenters. The van der Waals surface area contributed by atoms with Crippen LogP contribution in [0.15, 0.2) is 243 Å². The molecule has 0 amide bonds. The summed E-state index contributed by atoms with van der Waals surface area (Å²) in [6, 6.07) is 89.3. The summed E-state index contributed by atoms with van der Waals surface area (Å²) >= 11 is 6.08. The maximum atomic E-state index is 9.87. The molecule has 372 valence electrons. The molecular weight excluding hydrogens is 1060 g/mol. The summed E-state index contributed by atoms with van der Waals surface area (Å²) in [5, 5.41) is 19.4. The fraction of sp³-hybridized carbons (Fsp3) is 0.143. The summed E-state index contributed by atoms with van der Waals surface area (Å²) in [5.41, 5.74) is 0.846. The molecule has 0 spiro atoms. The van der Waals surface area contributed by atoms with Crippen LogP contribution in [0.1, 0.15) is 13.8 Å². The van der Waals surface area contributed by atoms with Crippen LogP contribution in [0.5, 0.6) is 0 Å². The Kier molecular flexibility index (Phi) is 23.5. The first-order valence-corrected chi connectivity index (χ1v) is 32.0. The Hall–Kier alpha value is -3.74. The van der Waals surface area contributed by atoms with Crippen molar-refractivity contribution in [2.45, 2.75) is 13.8 Å². The summed E-state index contributed by atoms with van der Waals surface area (Å²) in [6.45, 7) is 4.57. The molecule has 0 saturated heterocycles. The minimum Gasteiger partial charge on any atom is 1.00 e. The molecule has 70 heavy (non-hydrogen) atoms. The zero-order valence-electron chi connectivity index (χ0n) is 39.0. The fourth-order valence-electron chi connectivity index (χ4n) is 8.02. The molecule has 0 aliphatic heterocycles. The van der Waals surface area contributed by atoms with Gasteiger partial charge in [0.05, 0.1) is 98.0 Å². The molecule has 0 heterocycles. The normalized spacial score (nSPS) is 12.2. The van der Waals surface area contributed by atoms with E-state index in [-0.39, 0.29) is 29.1 Å². The van der Waals surface area contributed by atoms with Gasteiger partial charge in [0.2, 0.25) is 0 Å². The standard InChI is InChI=1S/C41H39P3.C13H12ClP.C2H6O.Cu.F6P/c1-41(32-42(35-20-8-2-9-21-35)36-22-10-3-11-23-36,33-43(37-24-12-4-13-25-37)38-26-14-5-15-27-38)34-44(39-28-16-6-17-29-39)40-30-18-7-19-31-40;14-11-15(12-7-3-1-4-8-12)13-9-5-2-6-10-13;1-2-3;;1-7(2,3,4,5)6/h2-31H,32-34H2,1H3;1-10H,11H2;3H,2H2,1H3;;/q;;;+1;-1/p+4. The zero-order chi connectivity index (χ0) is 49.7. The largest absolute Gasteiger partial charge is 1.00 e. The maximum absolute atomic E-state index is 10.7. The Labute approximate surface area is 430 Å². The number of hydrogen-bond acceptors (Lipinski definition) is 1. The zero-order valence-corrected chi connectivity index (χ0v) is 45.6. The molecule has 0 aliphatic rings. The van der Waals surface area contributed by atoms with Gasteiger partial charge < -0.3 is 5.11 Å². The first-order valence-electron chi connectivity index (χ1n) is 22.6. The van der Waals surface area contributed by atoms with Gasteiger partial charge in [-0.15, -0.1) is 0 Å². The Balaban J connectivity index is 0.000000336. The van der Waals surface area contributed by atoms with E-state index in [1.54, 1.807) is 6.92 Å². The Morgan fingerprint density at radius 3 is 0.614 bits per heavy atom. The molecule has 8 rings (SSSR count). The second kappa shape index (κ2) is 27.9. The first kappa shape index (κ1) is 58.8. The van der Waals surface area contributed by atoms with Crippen LogP contribution >= 0.6 is 51.1 Å². The number of alkyl halides is 1. The Morgan fingerprint density at radius 2 is 0.486 bits per heavy atom. The van der Waals surface area contributed by atoms with Gasteiger partial charge >= 0.3 is 50.1 Å². The van der Waals surface area contributed by atoms with Crippen molar-refractivity contribution >= 4 is 93.5 Å². The van der Waals surface area contributed by atoms with Crippen molar-refractivity contribution in [3.8, 4) is 0 Å². The average molecular weight is 1120 g/mol. The predicted molar refractivity (Wildman–Crippen MR) is 302 cm³/mol. The maximum Gasteiger partial charge on any atom is 1.00 e. The smallest absolute Gasteiger partial charge is 1.00 e. The van der Waals surface area contributed by atoms with Crippen molar-refractivity contribution in [2.75, 3.05) is 30.7 Å². The van der Waals surface area contributed by atoms with Gasteiger partial charge in [-0.05, 0) is 111 Å². The van der Waals surface area contributed by atoms with Gasteiger partial charge in [-0.25, -0.2) is 0 Å². The van der Waals surface area contributed by atoms with Crippen molar-refractivity contribution < 1.29 is 47.4 Å². The van der Waals surface area contributed by atoms with Crippen LogP contribution in [0.25, 0.3) is 0 Å². The molecule has 0 fully saturated rings. The molecule has 0 aliphatic carbocycles. The Bertz CT molecular complexity index is 2260.